The van der Waals surface area contributed by atoms with Gasteiger partial charge in [-0.1, -0.05) is 12.5 Å². The number of carbonyl (C=O) groups excluding carboxylic acids is 2. The van der Waals surface area contributed by atoms with E-state index in [1.54, 1.807) is 0 Å². The Bertz CT molecular complexity index is 1230. The Morgan fingerprint density at radius 3 is 2.50 bits per heavy atom. The maximum atomic E-state index is 14.9. The minimum Gasteiger partial charge on any atom is -0.490 e. The average Bonchev–Trinajstić information content (AvgIpc) is 3.29. The molecule has 0 spiro atoms. The molecule has 3 N–H and O–H groups in total. The molecule has 218 valence electrons. The number of aliphatic hydroxyl groups is 1. The first-order valence-corrected chi connectivity index (χ1v) is 12.6. The second-order valence-corrected chi connectivity index (χ2v) is 9.97. The Kier molecular flexibility index (Phi) is 8.59. The zero-order valence-electron chi connectivity index (χ0n) is 21.2. The number of nitrogens with two attached hydrogens (primary N) is 1. The van der Waals surface area contributed by atoms with Gasteiger partial charge in [0.1, 0.15) is 24.2 Å². The van der Waals surface area contributed by atoms with E-state index in [1.165, 1.54) is 30.5 Å². The number of alkyl halides is 5. The highest BCUT2D eigenvalue weighted by atomic mass is 19.4. The summed E-state index contributed by atoms with van der Waals surface area (Å²) in [5.74, 6) is -7.05. The van der Waals surface area contributed by atoms with Gasteiger partial charge >= 0.3 is 12.1 Å². The second-order valence-electron chi connectivity index (χ2n) is 9.97. The highest BCUT2D eigenvalue weighted by molar-refractivity contribution is 5.98. The lowest BCUT2D eigenvalue weighted by molar-refractivity contribution is -0.288. The van der Waals surface area contributed by atoms with Crippen LogP contribution in [0.15, 0.2) is 36.5 Å². The predicted octanol–water partition coefficient (Wildman–Crippen LogP) is 3.38. The number of β-amino-alcohol motifs (C(OH)–C–C–N with tert-alkyl or cyclic N) is 1. The summed E-state index contributed by atoms with van der Waals surface area (Å²) in [6.07, 6.45) is -3.72. The Morgan fingerprint density at radius 2 is 1.88 bits per heavy atom. The van der Waals surface area contributed by atoms with Gasteiger partial charge in [0.2, 0.25) is 5.91 Å². The molecule has 1 aromatic carbocycles. The van der Waals surface area contributed by atoms with Gasteiger partial charge in [0.25, 0.3) is 5.91 Å². The molecule has 2 aliphatic heterocycles. The van der Waals surface area contributed by atoms with Gasteiger partial charge in [0.05, 0.1) is 30.1 Å². The third-order valence-electron chi connectivity index (χ3n) is 7.11. The highest BCUT2D eigenvalue weighted by Crippen LogP contribution is 2.37. The maximum Gasteiger partial charge on any atom is 0.454 e. The fraction of sp³-hybridized carbons (Fsp3) is 0.500. The van der Waals surface area contributed by atoms with E-state index in [4.69, 9.17) is 10.5 Å². The summed E-state index contributed by atoms with van der Waals surface area (Å²) in [6, 6.07) is 5.09. The number of pyridine rings is 1. The first-order chi connectivity index (χ1) is 18.8. The number of carbonyl (C=O) groups is 2. The van der Waals surface area contributed by atoms with Crippen molar-refractivity contribution in [3.05, 3.63) is 47.9 Å². The molecule has 2 amide bonds. The number of halogens is 6. The number of aromatic nitrogens is 1. The third kappa shape index (κ3) is 6.49. The normalized spacial score (nSPS) is 22.4. The number of primary amides is 1. The van der Waals surface area contributed by atoms with Crippen LogP contribution in [0, 0.1) is 5.82 Å². The van der Waals surface area contributed by atoms with Crippen LogP contribution in [0.1, 0.15) is 36.0 Å². The van der Waals surface area contributed by atoms with Gasteiger partial charge in [0, 0.05) is 24.6 Å². The van der Waals surface area contributed by atoms with E-state index in [0.29, 0.717) is 30.5 Å². The molecule has 8 nitrogen and oxygen atoms in total. The summed E-state index contributed by atoms with van der Waals surface area (Å²) in [5.41, 5.74) is 5.63. The molecule has 40 heavy (non-hydrogen) atoms. The number of benzene rings is 1. The molecule has 3 atom stereocenters. The van der Waals surface area contributed by atoms with Crippen LogP contribution in [0.5, 0.6) is 5.75 Å². The Morgan fingerprint density at radius 1 is 1.12 bits per heavy atom. The van der Waals surface area contributed by atoms with Gasteiger partial charge in [-0.2, -0.15) is 22.0 Å². The molecule has 2 aromatic rings. The molecular formula is C26H28F6N4O4. The molecule has 2 fully saturated rings. The van der Waals surface area contributed by atoms with Crippen LogP contribution in [0.25, 0.3) is 11.3 Å². The maximum absolute atomic E-state index is 14.9. The van der Waals surface area contributed by atoms with Gasteiger partial charge in [-0.25, -0.2) is 4.39 Å². The molecule has 0 aliphatic carbocycles. The van der Waals surface area contributed by atoms with E-state index < -0.39 is 54.5 Å². The first kappa shape index (κ1) is 29.6. The number of amides is 2. The first-order valence-electron chi connectivity index (χ1n) is 12.6. The molecule has 14 heteroatoms. The van der Waals surface area contributed by atoms with Crippen molar-refractivity contribution in [1.29, 1.82) is 0 Å². The van der Waals surface area contributed by atoms with E-state index >= 15 is 0 Å². The molecule has 0 radical (unpaired) electrons. The highest BCUT2D eigenvalue weighted by Gasteiger charge is 2.58. The Hall–Kier alpha value is -3.39. The average molecular weight is 575 g/mol. The fourth-order valence-electron chi connectivity index (χ4n) is 4.94. The summed E-state index contributed by atoms with van der Waals surface area (Å²) in [4.78, 5) is 30.8. The van der Waals surface area contributed by atoms with Crippen molar-refractivity contribution in [2.75, 3.05) is 26.2 Å². The van der Waals surface area contributed by atoms with E-state index in [-0.39, 0.29) is 37.4 Å². The van der Waals surface area contributed by atoms with Crippen LogP contribution in [-0.4, -0.2) is 88.2 Å². The topological polar surface area (TPSA) is 109 Å². The zero-order valence-corrected chi connectivity index (χ0v) is 21.2. The Balaban J connectivity index is 1.40. The van der Waals surface area contributed by atoms with Gasteiger partial charge < -0.3 is 20.5 Å². The number of aliphatic hydroxyl groups excluding tert-OH is 1. The number of piperidine rings is 1. The van der Waals surface area contributed by atoms with Crippen molar-refractivity contribution in [3.8, 4) is 17.0 Å². The van der Waals surface area contributed by atoms with E-state index in [1.807, 2.05) is 0 Å². The number of ether oxygens (including phenoxy) is 1. The molecule has 0 bridgehead atoms. The van der Waals surface area contributed by atoms with Gasteiger partial charge in [-0.15, -0.1) is 0 Å². The second kappa shape index (κ2) is 11.6. The van der Waals surface area contributed by atoms with E-state index in [9.17, 15) is 41.0 Å². The van der Waals surface area contributed by atoms with Gasteiger partial charge in [0.15, 0.2) is 0 Å². The monoisotopic (exact) mass is 574 g/mol. The van der Waals surface area contributed by atoms with Crippen LogP contribution < -0.4 is 10.5 Å². The minimum atomic E-state index is -5.64. The SMILES string of the molecule is NC(=O)[C@@H]1C[C@@H](O)CN1C(=O)c1ccc(-c2ccc(OCC3CCCCN3CC(F)(F)C(F)(F)F)cn2)cc1F. The summed E-state index contributed by atoms with van der Waals surface area (Å²) >= 11 is 0. The Labute approximate surface area is 225 Å². The smallest absolute Gasteiger partial charge is 0.454 e. The molecule has 4 rings (SSSR count). The van der Waals surface area contributed by atoms with Crippen molar-refractivity contribution in [2.45, 2.75) is 56.0 Å². The van der Waals surface area contributed by atoms with Crippen molar-refractivity contribution in [3.63, 3.8) is 0 Å². The van der Waals surface area contributed by atoms with Crippen molar-refractivity contribution >= 4 is 11.8 Å². The lowest BCUT2D eigenvalue weighted by Crippen LogP contribution is -2.53. The van der Waals surface area contributed by atoms with Crippen LogP contribution in [0.2, 0.25) is 0 Å². The summed E-state index contributed by atoms with van der Waals surface area (Å²) in [5, 5.41) is 9.81. The molecule has 1 aromatic heterocycles. The summed E-state index contributed by atoms with van der Waals surface area (Å²) in [6.45, 7) is -1.60. The van der Waals surface area contributed by atoms with Crippen molar-refractivity contribution in [1.82, 2.24) is 14.8 Å². The summed E-state index contributed by atoms with van der Waals surface area (Å²) in [7, 11) is 0. The standard InChI is InChI=1S/C26H28F6N4O4/c27-20-9-15(4-6-19(20)24(39)36-12-17(37)10-22(36)23(33)38)21-7-5-18(11-34-21)40-13-16-3-1-2-8-35(16)14-25(28,29)26(30,31)32/h4-7,9,11,16-17,22,37H,1-3,8,10,12-14H2,(H2,33,38)/t16?,17-,22+/m1/s1. The third-order valence-corrected chi connectivity index (χ3v) is 7.11. The molecule has 3 heterocycles. The number of likely N-dealkylation sites (tertiary alicyclic amines) is 2. The van der Waals surface area contributed by atoms with Gasteiger partial charge in [-0.3, -0.25) is 19.5 Å². The quantitative estimate of drug-likeness (QED) is 0.468. The zero-order chi connectivity index (χ0) is 29.2. The molecular weight excluding hydrogens is 546 g/mol. The number of rotatable bonds is 8. The van der Waals surface area contributed by atoms with Crippen LogP contribution >= 0.6 is 0 Å². The minimum absolute atomic E-state index is 0.0298. The molecule has 0 saturated carbocycles. The van der Waals surface area contributed by atoms with E-state index in [2.05, 4.69) is 4.98 Å². The lowest BCUT2D eigenvalue weighted by Gasteiger charge is -2.37. The van der Waals surface area contributed by atoms with Crippen molar-refractivity contribution < 1.29 is 45.8 Å². The van der Waals surface area contributed by atoms with Crippen LogP contribution in [0.3, 0.4) is 0 Å². The van der Waals surface area contributed by atoms with Crippen molar-refractivity contribution in [2.24, 2.45) is 5.73 Å². The van der Waals surface area contributed by atoms with E-state index in [0.717, 1.165) is 15.9 Å². The molecule has 2 aliphatic rings. The number of hydrogen-bond acceptors (Lipinski definition) is 6. The summed E-state index contributed by atoms with van der Waals surface area (Å²) < 4.78 is 85.7. The molecule has 1 unspecified atom stereocenters. The van der Waals surface area contributed by atoms with Crippen LogP contribution in [0.4, 0.5) is 26.3 Å². The predicted molar refractivity (Wildman–Crippen MR) is 130 cm³/mol. The largest absolute Gasteiger partial charge is 0.490 e. The number of nitrogens with zero attached hydrogens (tertiary/aromatic N) is 3. The van der Waals surface area contributed by atoms with Crippen LogP contribution in [-0.2, 0) is 4.79 Å². The number of hydrogen-bond donors (Lipinski definition) is 2. The molecule has 2 saturated heterocycles. The lowest BCUT2D eigenvalue weighted by atomic mass is 10.0. The van der Waals surface area contributed by atoms with Gasteiger partial charge in [-0.05, 0) is 43.7 Å². The fourth-order valence-corrected chi connectivity index (χ4v) is 4.94.